The molecular weight excluding hydrogens is 397 g/mol. The normalized spacial score (nSPS) is 10.4. The van der Waals surface area contributed by atoms with E-state index in [9.17, 15) is 24.1 Å². The van der Waals surface area contributed by atoms with Gasteiger partial charge in [0.15, 0.2) is 0 Å². The Kier molecular flexibility index (Phi) is 5.89. The van der Waals surface area contributed by atoms with Crippen LogP contribution < -0.4 is 11.1 Å². The van der Waals surface area contributed by atoms with Crippen LogP contribution in [0.2, 0.25) is 0 Å². The van der Waals surface area contributed by atoms with Crippen molar-refractivity contribution in [2.45, 2.75) is 9.79 Å². The number of carbonyl (C=O) groups excluding carboxylic acids is 2. The monoisotopic (exact) mass is 411 g/mol. The van der Waals surface area contributed by atoms with Gasteiger partial charge in [-0.2, -0.15) is 0 Å². The summed E-state index contributed by atoms with van der Waals surface area (Å²) in [4.78, 5) is 35.4. The average molecular weight is 411 g/mol. The van der Waals surface area contributed by atoms with Gasteiger partial charge in [0, 0.05) is 27.8 Å². The fraction of sp³-hybridized carbons (Fsp3) is 0. The summed E-state index contributed by atoms with van der Waals surface area (Å²) in [6, 6.07) is 15.6. The van der Waals surface area contributed by atoms with Gasteiger partial charge in [0.05, 0.1) is 9.82 Å². The second kappa shape index (κ2) is 8.53. The Morgan fingerprint density at radius 3 is 2.17 bits per heavy atom. The molecule has 0 unspecified atom stereocenters. The van der Waals surface area contributed by atoms with Crippen molar-refractivity contribution < 1.29 is 18.9 Å². The largest absolute Gasteiger partial charge is 0.366 e. The molecule has 0 heterocycles. The van der Waals surface area contributed by atoms with E-state index < -0.39 is 22.6 Å². The minimum Gasteiger partial charge on any atom is -0.366 e. The molecule has 0 spiro atoms. The standard InChI is InChI=1S/C20H14FN3O4S/c21-14-4-8-16(9-5-14)29-18-10-3-13(11-17(18)24(27)28)20(26)23-15-6-1-12(2-7-15)19(22)25/h1-11H,(H2,22,25)(H,23,26). The first kappa shape index (κ1) is 20.0. The van der Waals surface area contributed by atoms with Gasteiger partial charge in [0.2, 0.25) is 5.91 Å². The maximum absolute atomic E-state index is 13.0. The quantitative estimate of drug-likeness (QED) is 0.465. The molecule has 7 nitrogen and oxygen atoms in total. The number of nitrogens with one attached hydrogen (secondary N) is 1. The summed E-state index contributed by atoms with van der Waals surface area (Å²) in [6.07, 6.45) is 0. The Hall–Kier alpha value is -3.72. The van der Waals surface area contributed by atoms with Crippen LogP contribution in [0, 0.1) is 15.9 Å². The minimum atomic E-state index is -0.590. The van der Waals surface area contributed by atoms with Crippen molar-refractivity contribution >= 4 is 35.0 Å². The van der Waals surface area contributed by atoms with Crippen molar-refractivity contribution in [1.29, 1.82) is 0 Å². The highest BCUT2D eigenvalue weighted by Gasteiger charge is 2.19. The summed E-state index contributed by atoms with van der Waals surface area (Å²) < 4.78 is 13.0. The van der Waals surface area contributed by atoms with E-state index in [0.29, 0.717) is 21.0 Å². The van der Waals surface area contributed by atoms with Crippen molar-refractivity contribution in [1.82, 2.24) is 0 Å². The molecule has 0 fully saturated rings. The van der Waals surface area contributed by atoms with Gasteiger partial charge in [0.25, 0.3) is 11.6 Å². The lowest BCUT2D eigenvalue weighted by Crippen LogP contribution is -2.13. The number of anilines is 1. The lowest BCUT2D eigenvalue weighted by Gasteiger charge is -2.08. The fourth-order valence-corrected chi connectivity index (χ4v) is 3.34. The number of nitro benzene ring substituents is 1. The van der Waals surface area contributed by atoms with Crippen LogP contribution in [0.4, 0.5) is 15.8 Å². The molecule has 0 aliphatic rings. The Morgan fingerprint density at radius 1 is 0.966 bits per heavy atom. The summed E-state index contributed by atoms with van der Waals surface area (Å²) in [5, 5.41) is 14.1. The van der Waals surface area contributed by atoms with Gasteiger partial charge in [-0.25, -0.2) is 4.39 Å². The van der Waals surface area contributed by atoms with Crippen molar-refractivity contribution in [2.75, 3.05) is 5.32 Å². The third-order valence-electron chi connectivity index (χ3n) is 3.89. The third-order valence-corrected chi connectivity index (χ3v) is 4.96. The zero-order valence-corrected chi connectivity index (χ0v) is 15.6. The van der Waals surface area contributed by atoms with Gasteiger partial charge in [-0.15, -0.1) is 0 Å². The Balaban J connectivity index is 1.81. The number of nitrogens with two attached hydrogens (primary N) is 1. The molecule has 0 radical (unpaired) electrons. The molecule has 0 aromatic heterocycles. The van der Waals surface area contributed by atoms with Crippen LogP contribution in [0.1, 0.15) is 20.7 Å². The molecule has 0 saturated carbocycles. The number of rotatable bonds is 6. The highest BCUT2D eigenvalue weighted by Crippen LogP contribution is 2.35. The van der Waals surface area contributed by atoms with Gasteiger partial charge >= 0.3 is 0 Å². The summed E-state index contributed by atoms with van der Waals surface area (Å²) in [7, 11) is 0. The van der Waals surface area contributed by atoms with Crippen molar-refractivity contribution in [3.8, 4) is 0 Å². The van der Waals surface area contributed by atoms with Crippen LogP contribution in [0.15, 0.2) is 76.5 Å². The van der Waals surface area contributed by atoms with Crippen molar-refractivity contribution in [2.24, 2.45) is 5.73 Å². The average Bonchev–Trinajstić information content (AvgIpc) is 2.70. The Labute approximate surface area is 168 Å². The van der Waals surface area contributed by atoms with Gasteiger partial charge in [0.1, 0.15) is 5.82 Å². The van der Waals surface area contributed by atoms with E-state index in [1.54, 1.807) is 0 Å². The van der Waals surface area contributed by atoms with Crippen LogP contribution in [-0.4, -0.2) is 16.7 Å². The van der Waals surface area contributed by atoms with E-state index in [1.807, 2.05) is 0 Å². The van der Waals surface area contributed by atoms with Gasteiger partial charge in [-0.05, 0) is 60.7 Å². The first-order valence-corrected chi connectivity index (χ1v) is 9.08. The zero-order chi connectivity index (χ0) is 21.0. The summed E-state index contributed by atoms with van der Waals surface area (Å²) in [6.45, 7) is 0. The molecule has 0 atom stereocenters. The SMILES string of the molecule is NC(=O)c1ccc(NC(=O)c2ccc(Sc3ccc(F)cc3)c([N+](=O)[O-])c2)cc1. The predicted molar refractivity (Wildman–Crippen MR) is 107 cm³/mol. The maximum atomic E-state index is 13.0. The molecule has 0 aliphatic heterocycles. The van der Waals surface area contributed by atoms with Crippen molar-refractivity contribution in [3.63, 3.8) is 0 Å². The fourth-order valence-electron chi connectivity index (χ4n) is 2.44. The second-order valence-electron chi connectivity index (χ2n) is 5.89. The topological polar surface area (TPSA) is 115 Å². The van der Waals surface area contributed by atoms with Crippen LogP contribution in [0.5, 0.6) is 0 Å². The first-order chi connectivity index (χ1) is 13.8. The highest BCUT2D eigenvalue weighted by molar-refractivity contribution is 7.99. The molecule has 2 amide bonds. The molecule has 3 aromatic rings. The number of nitro groups is 1. The molecule has 9 heteroatoms. The molecule has 3 rings (SSSR count). The summed E-state index contributed by atoms with van der Waals surface area (Å²) in [5.74, 6) is -1.54. The van der Waals surface area contributed by atoms with Crippen molar-refractivity contribution in [3.05, 3.63) is 93.8 Å². The number of nitrogens with zero attached hydrogens (tertiary/aromatic N) is 1. The molecule has 3 N–H and O–H groups in total. The molecule has 0 bridgehead atoms. The smallest absolute Gasteiger partial charge is 0.284 e. The van der Waals surface area contributed by atoms with Crippen LogP contribution in [0.3, 0.4) is 0 Å². The van der Waals surface area contributed by atoms with E-state index >= 15 is 0 Å². The van der Waals surface area contributed by atoms with Crippen LogP contribution in [-0.2, 0) is 0 Å². The Morgan fingerprint density at radius 2 is 1.59 bits per heavy atom. The lowest BCUT2D eigenvalue weighted by atomic mass is 10.1. The summed E-state index contributed by atoms with van der Waals surface area (Å²) >= 11 is 1.10. The molecule has 0 saturated heterocycles. The number of benzene rings is 3. The zero-order valence-electron chi connectivity index (χ0n) is 14.8. The van der Waals surface area contributed by atoms with E-state index in [0.717, 1.165) is 11.8 Å². The molecule has 146 valence electrons. The summed E-state index contributed by atoms with van der Waals surface area (Å²) in [5.41, 5.74) is 5.73. The lowest BCUT2D eigenvalue weighted by molar-refractivity contribution is -0.387. The first-order valence-electron chi connectivity index (χ1n) is 8.26. The van der Waals surface area contributed by atoms with Gasteiger partial charge < -0.3 is 11.1 Å². The number of carbonyl (C=O) groups is 2. The number of primary amides is 1. The van der Waals surface area contributed by atoms with E-state index in [1.165, 1.54) is 66.7 Å². The second-order valence-corrected chi connectivity index (χ2v) is 7.01. The van der Waals surface area contributed by atoms with Gasteiger partial charge in [-0.1, -0.05) is 11.8 Å². The van der Waals surface area contributed by atoms with Crippen LogP contribution in [0.25, 0.3) is 0 Å². The van der Waals surface area contributed by atoms with Crippen LogP contribution >= 0.6 is 11.8 Å². The number of amides is 2. The number of hydrogen-bond acceptors (Lipinski definition) is 5. The van der Waals surface area contributed by atoms with E-state index in [-0.39, 0.29) is 11.3 Å². The van der Waals surface area contributed by atoms with E-state index in [4.69, 9.17) is 5.73 Å². The third kappa shape index (κ3) is 4.96. The minimum absolute atomic E-state index is 0.0964. The highest BCUT2D eigenvalue weighted by atomic mass is 32.2. The molecule has 0 aliphatic carbocycles. The van der Waals surface area contributed by atoms with E-state index in [2.05, 4.69) is 5.32 Å². The number of hydrogen-bond donors (Lipinski definition) is 2. The number of halogens is 1. The molecular formula is C20H14FN3O4S. The predicted octanol–water partition coefficient (Wildman–Crippen LogP) is 4.24. The Bertz CT molecular complexity index is 1090. The molecule has 29 heavy (non-hydrogen) atoms. The molecule has 3 aromatic carbocycles. The van der Waals surface area contributed by atoms with Gasteiger partial charge in [-0.3, -0.25) is 19.7 Å². The maximum Gasteiger partial charge on any atom is 0.284 e.